The van der Waals surface area contributed by atoms with Gasteiger partial charge in [-0.15, -0.1) is 0 Å². The summed E-state index contributed by atoms with van der Waals surface area (Å²) in [6, 6.07) is 7.03. The Hall–Kier alpha value is -1.46. The number of pyridine rings is 1. The number of benzene rings is 1. The Morgan fingerprint density at radius 3 is 3.00 bits per heavy atom. The number of carbonyl (C=O) groups is 1. The van der Waals surface area contributed by atoms with Crippen molar-refractivity contribution < 1.29 is 9.53 Å². The van der Waals surface area contributed by atoms with Crippen molar-refractivity contribution >= 4 is 32.8 Å². The third-order valence-corrected chi connectivity index (χ3v) is 3.39. The first kappa shape index (κ1) is 13.0. The van der Waals surface area contributed by atoms with Crippen molar-refractivity contribution in [3.63, 3.8) is 0 Å². The Bertz CT molecular complexity index is 586. The molecule has 2 aromatic rings. The highest BCUT2D eigenvalue weighted by molar-refractivity contribution is 9.10. The molecule has 0 spiro atoms. The highest BCUT2D eigenvalue weighted by atomic mass is 79.9. The maximum Gasteiger partial charge on any atom is 0.322 e. The average molecular weight is 309 g/mol. The van der Waals surface area contributed by atoms with Gasteiger partial charge in [0.25, 0.3) is 0 Å². The molecule has 0 amide bonds. The largest absolute Gasteiger partial charge is 0.468 e. The van der Waals surface area contributed by atoms with Crippen molar-refractivity contribution in [3.8, 4) is 0 Å². The molecule has 5 heteroatoms. The molecule has 1 aromatic heterocycles. The van der Waals surface area contributed by atoms with Crippen molar-refractivity contribution in [2.24, 2.45) is 5.73 Å². The monoisotopic (exact) mass is 308 g/mol. The summed E-state index contributed by atoms with van der Waals surface area (Å²) in [4.78, 5) is 15.7. The topological polar surface area (TPSA) is 65.2 Å². The van der Waals surface area contributed by atoms with Crippen LogP contribution in [0.5, 0.6) is 0 Å². The lowest BCUT2D eigenvalue weighted by molar-refractivity contribution is -0.142. The van der Waals surface area contributed by atoms with E-state index in [1.807, 2.05) is 24.3 Å². The molecule has 0 bridgehead atoms. The number of nitrogens with two attached hydrogens (primary N) is 1. The third kappa shape index (κ3) is 2.52. The fourth-order valence-corrected chi connectivity index (χ4v) is 2.29. The van der Waals surface area contributed by atoms with E-state index in [0.717, 1.165) is 20.9 Å². The average Bonchev–Trinajstić information content (AvgIpc) is 2.41. The predicted octanol–water partition coefficient (Wildman–Crippen LogP) is 2.04. The standard InChI is InChI=1S/C13H13BrN2O2/c1-18-13(17)11(15)7-8-4-5-10(14)12-9(8)3-2-6-16-12/h2-6,11H,7,15H2,1H3/t11-/m0/s1. The molecule has 0 fully saturated rings. The van der Waals surface area contributed by atoms with Crippen LogP contribution < -0.4 is 5.73 Å². The number of aromatic nitrogens is 1. The lowest BCUT2D eigenvalue weighted by Gasteiger charge is -2.11. The van der Waals surface area contributed by atoms with Gasteiger partial charge in [-0.05, 0) is 40.0 Å². The number of halogens is 1. The van der Waals surface area contributed by atoms with Crippen molar-refractivity contribution in [2.45, 2.75) is 12.5 Å². The Balaban J connectivity index is 2.40. The molecule has 94 valence electrons. The van der Waals surface area contributed by atoms with E-state index in [4.69, 9.17) is 5.73 Å². The van der Waals surface area contributed by atoms with Crippen LogP contribution in [0.4, 0.5) is 0 Å². The Morgan fingerprint density at radius 2 is 2.28 bits per heavy atom. The maximum absolute atomic E-state index is 11.3. The van der Waals surface area contributed by atoms with Crippen LogP contribution in [0.3, 0.4) is 0 Å². The zero-order valence-electron chi connectivity index (χ0n) is 9.89. The molecule has 0 saturated heterocycles. The number of hydrogen-bond donors (Lipinski definition) is 1. The number of nitrogens with zero attached hydrogens (tertiary/aromatic N) is 1. The molecule has 0 unspecified atom stereocenters. The molecule has 1 aromatic carbocycles. The molecule has 1 heterocycles. The predicted molar refractivity (Wildman–Crippen MR) is 73.1 cm³/mol. The number of hydrogen-bond acceptors (Lipinski definition) is 4. The van der Waals surface area contributed by atoms with Gasteiger partial charge in [-0.25, -0.2) is 0 Å². The zero-order valence-corrected chi connectivity index (χ0v) is 11.5. The van der Waals surface area contributed by atoms with Crippen LogP contribution >= 0.6 is 15.9 Å². The molecule has 1 atom stereocenters. The van der Waals surface area contributed by atoms with Gasteiger partial charge in [0.15, 0.2) is 0 Å². The van der Waals surface area contributed by atoms with Gasteiger partial charge in [0.05, 0.1) is 12.6 Å². The molecule has 2 N–H and O–H groups in total. The number of carbonyl (C=O) groups excluding carboxylic acids is 1. The summed E-state index contributed by atoms with van der Waals surface area (Å²) < 4.78 is 5.56. The summed E-state index contributed by atoms with van der Waals surface area (Å²) in [6.45, 7) is 0. The minimum Gasteiger partial charge on any atom is -0.468 e. The molecule has 0 saturated carbocycles. The van der Waals surface area contributed by atoms with E-state index in [1.54, 1.807) is 6.20 Å². The first-order valence-corrected chi connectivity index (χ1v) is 6.28. The minimum absolute atomic E-state index is 0.407. The highest BCUT2D eigenvalue weighted by Crippen LogP contribution is 2.25. The van der Waals surface area contributed by atoms with E-state index >= 15 is 0 Å². The van der Waals surface area contributed by atoms with Gasteiger partial charge < -0.3 is 10.5 Å². The van der Waals surface area contributed by atoms with Crippen molar-refractivity contribution in [1.29, 1.82) is 0 Å². The minimum atomic E-state index is -0.653. The van der Waals surface area contributed by atoms with Crippen molar-refractivity contribution in [2.75, 3.05) is 7.11 Å². The zero-order chi connectivity index (χ0) is 13.1. The van der Waals surface area contributed by atoms with E-state index in [0.29, 0.717) is 6.42 Å². The lowest BCUT2D eigenvalue weighted by atomic mass is 10.0. The number of rotatable bonds is 3. The van der Waals surface area contributed by atoms with Gasteiger partial charge in [0.2, 0.25) is 0 Å². The second-order valence-corrected chi connectivity index (χ2v) is 4.79. The van der Waals surface area contributed by atoms with E-state index < -0.39 is 12.0 Å². The van der Waals surface area contributed by atoms with Crippen molar-refractivity contribution in [3.05, 3.63) is 40.5 Å². The summed E-state index contributed by atoms with van der Waals surface area (Å²) in [6.07, 6.45) is 2.17. The van der Waals surface area contributed by atoms with E-state index in [1.165, 1.54) is 7.11 Å². The van der Waals surface area contributed by atoms with Crippen LogP contribution in [0.1, 0.15) is 5.56 Å². The summed E-state index contributed by atoms with van der Waals surface area (Å²) in [5.74, 6) is -0.407. The van der Waals surface area contributed by atoms with Gasteiger partial charge in [-0.2, -0.15) is 0 Å². The highest BCUT2D eigenvalue weighted by Gasteiger charge is 2.16. The number of methoxy groups -OCH3 is 1. The molecule has 18 heavy (non-hydrogen) atoms. The summed E-state index contributed by atoms with van der Waals surface area (Å²) in [7, 11) is 1.34. The second kappa shape index (κ2) is 5.46. The van der Waals surface area contributed by atoms with Crippen molar-refractivity contribution in [1.82, 2.24) is 4.98 Å². The van der Waals surface area contributed by atoms with Crippen LogP contribution in [0, 0.1) is 0 Å². The van der Waals surface area contributed by atoms with Gasteiger partial charge in [-0.1, -0.05) is 12.1 Å². The molecule has 4 nitrogen and oxygen atoms in total. The Labute approximate surface area is 113 Å². The summed E-state index contributed by atoms with van der Waals surface area (Å²) >= 11 is 3.45. The lowest BCUT2D eigenvalue weighted by Crippen LogP contribution is -2.33. The van der Waals surface area contributed by atoms with Crippen LogP contribution in [0.25, 0.3) is 10.9 Å². The quantitative estimate of drug-likeness (QED) is 0.881. The number of esters is 1. The normalized spacial score (nSPS) is 12.4. The fourth-order valence-electron chi connectivity index (χ4n) is 1.85. The fraction of sp³-hybridized carbons (Fsp3) is 0.231. The first-order chi connectivity index (χ1) is 8.63. The molecular formula is C13H13BrN2O2. The van der Waals surface area contributed by atoms with E-state index in [9.17, 15) is 4.79 Å². The molecule has 0 aliphatic rings. The third-order valence-electron chi connectivity index (χ3n) is 2.75. The second-order valence-electron chi connectivity index (χ2n) is 3.94. The maximum atomic E-state index is 11.3. The Kier molecular flexibility index (Phi) is 3.93. The Morgan fingerprint density at radius 1 is 1.50 bits per heavy atom. The molecular weight excluding hydrogens is 296 g/mol. The first-order valence-electron chi connectivity index (χ1n) is 5.49. The SMILES string of the molecule is COC(=O)[C@@H](N)Cc1ccc(Br)c2ncccc12. The smallest absolute Gasteiger partial charge is 0.322 e. The van der Waals surface area contributed by atoms with Crippen LogP contribution in [0.15, 0.2) is 34.9 Å². The molecule has 0 aliphatic heterocycles. The number of ether oxygens (including phenoxy) is 1. The number of fused-ring (bicyclic) bond motifs is 1. The molecule has 2 rings (SSSR count). The molecule has 0 aliphatic carbocycles. The van der Waals surface area contributed by atoms with E-state index in [-0.39, 0.29) is 0 Å². The van der Waals surface area contributed by atoms with Crippen LogP contribution in [-0.2, 0) is 16.0 Å². The molecule has 0 radical (unpaired) electrons. The van der Waals surface area contributed by atoms with Gasteiger partial charge in [0, 0.05) is 16.1 Å². The van der Waals surface area contributed by atoms with Gasteiger partial charge >= 0.3 is 5.97 Å². The van der Waals surface area contributed by atoms with Crippen LogP contribution in [0.2, 0.25) is 0 Å². The summed E-state index contributed by atoms with van der Waals surface area (Å²) in [5.41, 5.74) is 7.64. The van der Waals surface area contributed by atoms with E-state index in [2.05, 4.69) is 25.7 Å². The summed E-state index contributed by atoms with van der Waals surface area (Å²) in [5, 5.41) is 0.992. The van der Waals surface area contributed by atoms with Gasteiger partial charge in [0.1, 0.15) is 6.04 Å². The van der Waals surface area contributed by atoms with Gasteiger partial charge in [-0.3, -0.25) is 9.78 Å². The van der Waals surface area contributed by atoms with Crippen LogP contribution in [-0.4, -0.2) is 24.1 Å².